The second-order valence-corrected chi connectivity index (χ2v) is 16.3. The summed E-state index contributed by atoms with van der Waals surface area (Å²) in [4.78, 5) is 70.0. The van der Waals surface area contributed by atoms with Crippen LogP contribution in [-0.4, -0.2) is 123 Å². The number of aliphatic carboxylic acids is 1. The molecule has 0 spiro atoms. The minimum Gasteiger partial charge on any atom is -0.479 e. The second-order valence-electron chi connectivity index (χ2n) is 16.3. The van der Waals surface area contributed by atoms with Crippen molar-refractivity contribution in [2.45, 2.75) is 95.2 Å². The van der Waals surface area contributed by atoms with Gasteiger partial charge in [0.2, 0.25) is 12.2 Å². The number of aryl methyl sites for hydroxylation is 1. The Balaban J connectivity index is 1.05. The van der Waals surface area contributed by atoms with Crippen molar-refractivity contribution in [3.05, 3.63) is 85.4 Å². The first-order valence-electron chi connectivity index (χ1n) is 21.2. The normalized spacial score (nSPS) is 23.9. The Labute approximate surface area is 374 Å². The number of aliphatic hydroxyl groups excluding tert-OH is 3. The van der Waals surface area contributed by atoms with Crippen LogP contribution in [0.15, 0.2) is 35.1 Å². The molecule has 0 unspecified atom stereocenters. The Hall–Kier alpha value is -6.11. The van der Waals surface area contributed by atoms with Crippen molar-refractivity contribution in [2.75, 3.05) is 38.3 Å². The Kier molecular flexibility index (Phi) is 13.1. The Bertz CT molecular complexity index is 2680. The lowest BCUT2D eigenvalue weighted by molar-refractivity contribution is -0.271. The monoisotopic (exact) mass is 921 g/mol. The summed E-state index contributed by atoms with van der Waals surface area (Å²) in [7, 11) is 0. The molecular weight excluding hydrogens is 874 g/mol. The maximum atomic E-state index is 15.4. The van der Waals surface area contributed by atoms with Crippen molar-refractivity contribution < 1.29 is 77.5 Å². The van der Waals surface area contributed by atoms with Crippen molar-refractivity contribution >= 4 is 40.5 Å². The van der Waals surface area contributed by atoms with E-state index in [9.17, 15) is 49.5 Å². The summed E-state index contributed by atoms with van der Waals surface area (Å²) in [6.07, 6.45) is -9.90. The Morgan fingerprint density at radius 1 is 1.03 bits per heavy atom. The number of carboxylic acids is 1. The van der Waals surface area contributed by atoms with Gasteiger partial charge in [-0.25, -0.2) is 23.8 Å². The van der Waals surface area contributed by atoms with Crippen LogP contribution in [0.1, 0.15) is 64.8 Å². The molecule has 0 radical (unpaired) electrons. The van der Waals surface area contributed by atoms with Gasteiger partial charge in [-0.3, -0.25) is 9.59 Å². The minimum absolute atomic E-state index is 0.0199. The number of ether oxygens (including phenoxy) is 6. The van der Waals surface area contributed by atoms with Gasteiger partial charge < -0.3 is 74.9 Å². The first-order chi connectivity index (χ1) is 31.6. The fourth-order valence-electron chi connectivity index (χ4n) is 8.83. The number of nitrogens with zero attached hydrogens (tertiary/aromatic N) is 2. The molecule has 66 heavy (non-hydrogen) atoms. The highest BCUT2D eigenvalue weighted by atomic mass is 19.1. The molecule has 352 valence electrons. The number of nitrogens with one attached hydrogen (secondary N) is 2. The van der Waals surface area contributed by atoms with Gasteiger partial charge in [0.05, 0.1) is 60.6 Å². The van der Waals surface area contributed by atoms with E-state index in [1.807, 2.05) is 0 Å². The highest BCUT2D eigenvalue weighted by Crippen LogP contribution is 2.46. The maximum absolute atomic E-state index is 15.4. The number of hydrogen-bond acceptors (Lipinski definition) is 17. The molecule has 1 fully saturated rings. The van der Waals surface area contributed by atoms with Gasteiger partial charge in [0.15, 0.2) is 11.7 Å². The standard InChI is InChI=1S/C44H48FN5O16/c1-3-44(60)24-13-29-34-22(15-50(29)39(55)23(24)17-63-42(44)58)33-26(6-5-21-19(2)25(45)14-28(48-34)32(21)33)49-43(59)64-16-20-4-7-30(27(12-20)47-31(51)18-62-11-10-61-9-8-46)65-41-37(54)35(52)36(53)38(66-41)40(56)57/h4,7,12-14,26,35-38,41,52-54,60H,3,5-6,8-11,15-18,46H2,1-2H3,(H,47,51)(H,49,59)(H,56,57)/t26-,35-,36-,37+,38-,41+,44-/m0/s1. The number of hydrogen-bond donors (Lipinski definition) is 8. The van der Waals surface area contributed by atoms with Crippen LogP contribution in [0.2, 0.25) is 0 Å². The van der Waals surface area contributed by atoms with Crippen LogP contribution >= 0.6 is 0 Å². The van der Waals surface area contributed by atoms with E-state index in [0.29, 0.717) is 70.6 Å². The van der Waals surface area contributed by atoms with E-state index in [0.717, 1.165) is 0 Å². The number of halogens is 1. The highest BCUT2D eigenvalue weighted by Gasteiger charge is 2.49. The Morgan fingerprint density at radius 3 is 2.55 bits per heavy atom. The molecule has 8 rings (SSSR count). The zero-order chi connectivity index (χ0) is 47.2. The third-order valence-electron chi connectivity index (χ3n) is 12.3. The number of carbonyl (C=O) groups excluding carboxylic acids is 3. The fourth-order valence-corrected chi connectivity index (χ4v) is 8.83. The zero-order valence-corrected chi connectivity index (χ0v) is 35.7. The van der Waals surface area contributed by atoms with E-state index in [2.05, 4.69) is 10.6 Å². The summed E-state index contributed by atoms with van der Waals surface area (Å²) in [5, 5.41) is 58.1. The first kappa shape index (κ1) is 46.4. The number of aromatic nitrogens is 2. The highest BCUT2D eigenvalue weighted by molar-refractivity contribution is 5.94. The number of alkyl carbamates (subject to hydrolysis) is 1. The lowest BCUT2D eigenvalue weighted by Crippen LogP contribution is -2.61. The molecule has 7 atom stereocenters. The van der Waals surface area contributed by atoms with Crippen LogP contribution in [-0.2, 0) is 69.8 Å². The van der Waals surface area contributed by atoms with E-state index in [1.54, 1.807) is 19.9 Å². The number of carbonyl (C=O) groups is 4. The molecular formula is C44H48FN5O16. The van der Waals surface area contributed by atoms with E-state index >= 15 is 4.39 Å². The van der Waals surface area contributed by atoms with Crippen LogP contribution in [0.4, 0.5) is 14.9 Å². The Morgan fingerprint density at radius 2 is 1.80 bits per heavy atom. The molecule has 0 saturated carbocycles. The third kappa shape index (κ3) is 8.45. The van der Waals surface area contributed by atoms with Crippen LogP contribution in [0.25, 0.3) is 22.3 Å². The van der Waals surface area contributed by atoms with Gasteiger partial charge >= 0.3 is 18.0 Å². The average Bonchev–Trinajstić information content (AvgIpc) is 3.66. The lowest BCUT2D eigenvalue weighted by Gasteiger charge is -2.38. The molecule has 5 heterocycles. The molecule has 0 bridgehead atoms. The number of carboxylic acid groups (broad SMARTS) is 1. The molecule has 22 heteroatoms. The SMILES string of the molecule is CC[C@@]1(O)C(=O)OCc2c1cc1n(c2=O)Cc2c-1nc1cc(F)c(C)c3c1c2[C@@H](NC(=O)OCc1ccc(O[C@@H]2O[C@H](C(=O)O)[C@@H](O)[C@H](O)[C@H]2O)c(NC(=O)COCCOCCN)c1)CC3. The number of benzene rings is 2. The predicted octanol–water partition coefficient (Wildman–Crippen LogP) is 0.642. The minimum atomic E-state index is -2.07. The topological polar surface area (TPSA) is 310 Å². The quantitative estimate of drug-likeness (QED) is 0.0528. The van der Waals surface area contributed by atoms with E-state index < -0.39 is 84.3 Å². The number of fused-ring (bicyclic) bond motifs is 5. The number of esters is 1. The molecule has 2 amide bonds. The largest absolute Gasteiger partial charge is 0.479 e. The molecule has 9 N–H and O–H groups in total. The van der Waals surface area contributed by atoms with Gasteiger partial charge in [0.25, 0.3) is 5.56 Å². The van der Waals surface area contributed by atoms with Gasteiger partial charge in [-0.05, 0) is 66.6 Å². The average molecular weight is 922 g/mol. The third-order valence-corrected chi connectivity index (χ3v) is 12.3. The second kappa shape index (κ2) is 18.6. The predicted molar refractivity (Wildman–Crippen MR) is 224 cm³/mol. The van der Waals surface area contributed by atoms with E-state index in [4.69, 9.17) is 39.1 Å². The number of amides is 2. The molecule has 2 aromatic heterocycles. The smallest absolute Gasteiger partial charge is 0.407 e. The summed E-state index contributed by atoms with van der Waals surface area (Å²) in [5.41, 5.74) is 6.54. The molecule has 2 aromatic carbocycles. The summed E-state index contributed by atoms with van der Waals surface area (Å²) in [6, 6.07) is 6.26. The van der Waals surface area contributed by atoms with E-state index in [1.165, 1.54) is 28.8 Å². The molecule has 3 aliphatic heterocycles. The summed E-state index contributed by atoms with van der Waals surface area (Å²) in [6.45, 7) is 2.95. The van der Waals surface area contributed by atoms with Crippen molar-refractivity contribution in [3.8, 4) is 17.1 Å². The van der Waals surface area contributed by atoms with Gasteiger partial charge in [0.1, 0.15) is 49.7 Å². The van der Waals surface area contributed by atoms with Gasteiger partial charge in [-0.15, -0.1) is 0 Å². The maximum Gasteiger partial charge on any atom is 0.407 e. The number of pyridine rings is 2. The van der Waals surface area contributed by atoms with Crippen molar-refractivity contribution in [1.82, 2.24) is 14.9 Å². The number of rotatable bonds is 15. The number of nitrogens with two attached hydrogens (primary N) is 1. The molecule has 1 saturated heterocycles. The van der Waals surface area contributed by atoms with Gasteiger partial charge in [-0.2, -0.15) is 0 Å². The van der Waals surface area contributed by atoms with Gasteiger partial charge in [-0.1, -0.05) is 13.0 Å². The van der Waals surface area contributed by atoms with Crippen molar-refractivity contribution in [3.63, 3.8) is 0 Å². The summed E-state index contributed by atoms with van der Waals surface area (Å²) < 4.78 is 49.3. The van der Waals surface area contributed by atoms with Crippen LogP contribution in [0.5, 0.6) is 5.75 Å². The lowest BCUT2D eigenvalue weighted by atomic mass is 9.81. The molecule has 4 aromatic rings. The summed E-state index contributed by atoms with van der Waals surface area (Å²) >= 11 is 0. The van der Waals surface area contributed by atoms with Gasteiger partial charge in [0, 0.05) is 29.1 Å². The molecule has 21 nitrogen and oxygen atoms in total. The van der Waals surface area contributed by atoms with Crippen LogP contribution < -0.4 is 26.7 Å². The van der Waals surface area contributed by atoms with Crippen molar-refractivity contribution in [1.29, 1.82) is 0 Å². The fraction of sp³-hybridized carbons (Fsp3) is 0.455. The first-order valence-corrected chi connectivity index (χ1v) is 21.2. The zero-order valence-electron chi connectivity index (χ0n) is 35.7. The van der Waals surface area contributed by atoms with E-state index in [-0.39, 0.29) is 67.5 Å². The van der Waals surface area contributed by atoms with Crippen molar-refractivity contribution in [2.24, 2.45) is 5.73 Å². The van der Waals surface area contributed by atoms with Crippen LogP contribution in [0, 0.1) is 12.7 Å². The summed E-state index contributed by atoms with van der Waals surface area (Å²) in [5.74, 6) is -3.83. The number of anilines is 1. The number of cyclic esters (lactones) is 1. The molecule has 1 aliphatic carbocycles. The molecule has 4 aliphatic rings. The number of aliphatic hydroxyl groups is 4. The van der Waals surface area contributed by atoms with Crippen LogP contribution in [0.3, 0.4) is 0 Å².